The topological polar surface area (TPSA) is 49.9 Å². The highest BCUT2D eigenvalue weighted by Crippen LogP contribution is 2.22. The van der Waals surface area contributed by atoms with Crippen LogP contribution in [0.15, 0.2) is 24.3 Å². The van der Waals surface area contributed by atoms with Crippen molar-refractivity contribution in [3.05, 3.63) is 34.9 Å². The minimum atomic E-state index is -0.522. The second kappa shape index (κ2) is 8.96. The first kappa shape index (κ1) is 21.5. The van der Waals surface area contributed by atoms with Crippen molar-refractivity contribution in [1.82, 2.24) is 9.80 Å². The average Bonchev–Trinajstić information content (AvgIpc) is 2.57. The van der Waals surface area contributed by atoms with E-state index in [1.54, 1.807) is 29.2 Å². The van der Waals surface area contributed by atoms with E-state index in [1.807, 2.05) is 39.5 Å². The molecule has 1 atom stereocenters. The van der Waals surface area contributed by atoms with Crippen LogP contribution in [0.3, 0.4) is 0 Å². The highest BCUT2D eigenvalue weighted by atomic mass is 35.5. The van der Waals surface area contributed by atoms with Crippen molar-refractivity contribution in [3.63, 3.8) is 0 Å². The molecule has 1 saturated heterocycles. The molecular weight excluding hydrogens is 364 g/mol. The summed E-state index contributed by atoms with van der Waals surface area (Å²) < 4.78 is 5.55. The van der Waals surface area contributed by atoms with E-state index in [0.717, 1.165) is 19.4 Å². The lowest BCUT2D eigenvalue weighted by Gasteiger charge is -2.37. The zero-order valence-corrected chi connectivity index (χ0v) is 17.8. The van der Waals surface area contributed by atoms with E-state index in [9.17, 15) is 9.59 Å². The molecule has 1 aliphatic heterocycles. The maximum atomic E-state index is 12.8. The van der Waals surface area contributed by atoms with Crippen LogP contribution in [0.5, 0.6) is 0 Å². The number of carbonyl (C=O) groups is 2. The molecule has 0 spiro atoms. The second-order valence-corrected chi connectivity index (χ2v) is 8.93. The number of rotatable bonds is 4. The van der Waals surface area contributed by atoms with E-state index in [0.29, 0.717) is 23.7 Å². The fraction of sp³-hybridized carbons (Fsp3) is 0.619. The Hall–Kier alpha value is -1.75. The number of amides is 2. The molecule has 0 aliphatic carbocycles. The summed E-state index contributed by atoms with van der Waals surface area (Å²) in [6.45, 7) is 11.5. The van der Waals surface area contributed by atoms with Crippen LogP contribution in [0.2, 0.25) is 5.02 Å². The van der Waals surface area contributed by atoms with Gasteiger partial charge in [-0.1, -0.05) is 17.7 Å². The standard InChI is InChI=1S/C21H31ClN2O3/c1-15(2)24(20(26)27-21(3,4)5)14-16-8-7-11-23(13-16)19(25)17-9-6-10-18(22)12-17/h6,9-10,12,15-16H,7-8,11,13-14H2,1-5H3. The van der Waals surface area contributed by atoms with Gasteiger partial charge in [-0.25, -0.2) is 4.79 Å². The summed E-state index contributed by atoms with van der Waals surface area (Å²) >= 11 is 6.02. The van der Waals surface area contributed by atoms with Gasteiger partial charge in [0, 0.05) is 36.3 Å². The van der Waals surface area contributed by atoms with Crippen LogP contribution in [0, 0.1) is 5.92 Å². The summed E-state index contributed by atoms with van der Waals surface area (Å²) in [4.78, 5) is 29.0. The van der Waals surface area contributed by atoms with E-state index in [1.165, 1.54) is 0 Å². The van der Waals surface area contributed by atoms with Gasteiger partial charge in [-0.2, -0.15) is 0 Å². The van der Waals surface area contributed by atoms with Crippen molar-refractivity contribution in [3.8, 4) is 0 Å². The lowest BCUT2D eigenvalue weighted by atomic mass is 9.96. The van der Waals surface area contributed by atoms with Crippen LogP contribution in [0.25, 0.3) is 0 Å². The Balaban J connectivity index is 2.03. The smallest absolute Gasteiger partial charge is 0.410 e. The zero-order chi connectivity index (χ0) is 20.2. The van der Waals surface area contributed by atoms with Gasteiger partial charge in [0.2, 0.25) is 0 Å². The van der Waals surface area contributed by atoms with Gasteiger partial charge in [-0.15, -0.1) is 0 Å². The van der Waals surface area contributed by atoms with E-state index in [4.69, 9.17) is 16.3 Å². The Kier molecular flexibility index (Phi) is 7.15. The van der Waals surface area contributed by atoms with Gasteiger partial charge in [0.15, 0.2) is 0 Å². The highest BCUT2D eigenvalue weighted by Gasteiger charge is 2.30. The van der Waals surface area contributed by atoms with Crippen molar-refractivity contribution < 1.29 is 14.3 Å². The molecule has 0 N–H and O–H groups in total. The normalized spacial score (nSPS) is 17.7. The molecule has 0 saturated carbocycles. The first-order valence-electron chi connectivity index (χ1n) is 9.61. The molecular formula is C21H31ClN2O3. The molecule has 0 aromatic heterocycles. The summed E-state index contributed by atoms with van der Waals surface area (Å²) in [5, 5.41) is 0.560. The lowest BCUT2D eigenvalue weighted by molar-refractivity contribution is 0.0124. The first-order valence-corrected chi connectivity index (χ1v) is 9.99. The van der Waals surface area contributed by atoms with Gasteiger partial charge in [-0.05, 0) is 71.6 Å². The van der Waals surface area contributed by atoms with Crippen molar-refractivity contribution in [2.45, 2.75) is 59.1 Å². The van der Waals surface area contributed by atoms with Crippen LogP contribution in [-0.2, 0) is 4.74 Å². The van der Waals surface area contributed by atoms with Gasteiger partial charge in [0.25, 0.3) is 5.91 Å². The van der Waals surface area contributed by atoms with Crippen molar-refractivity contribution >= 4 is 23.6 Å². The van der Waals surface area contributed by atoms with Crippen LogP contribution >= 0.6 is 11.6 Å². The molecule has 1 unspecified atom stereocenters. The molecule has 1 aromatic carbocycles. The quantitative estimate of drug-likeness (QED) is 0.734. The fourth-order valence-corrected chi connectivity index (χ4v) is 3.49. The van der Waals surface area contributed by atoms with Gasteiger partial charge in [-0.3, -0.25) is 4.79 Å². The number of likely N-dealkylation sites (tertiary alicyclic amines) is 1. The van der Waals surface area contributed by atoms with Crippen molar-refractivity contribution in [2.75, 3.05) is 19.6 Å². The zero-order valence-electron chi connectivity index (χ0n) is 17.0. The summed E-state index contributed by atoms with van der Waals surface area (Å²) in [7, 11) is 0. The van der Waals surface area contributed by atoms with Crippen LogP contribution in [0.1, 0.15) is 57.8 Å². The summed E-state index contributed by atoms with van der Waals surface area (Å²) in [5.74, 6) is 0.229. The van der Waals surface area contributed by atoms with E-state index >= 15 is 0 Å². The van der Waals surface area contributed by atoms with Crippen LogP contribution in [-0.4, -0.2) is 53.1 Å². The Morgan fingerprint density at radius 1 is 1.33 bits per heavy atom. The van der Waals surface area contributed by atoms with Gasteiger partial charge >= 0.3 is 6.09 Å². The fourth-order valence-electron chi connectivity index (χ4n) is 3.30. The first-order chi connectivity index (χ1) is 12.6. The number of nitrogens with zero attached hydrogens (tertiary/aromatic N) is 2. The monoisotopic (exact) mass is 394 g/mol. The number of carbonyl (C=O) groups excluding carboxylic acids is 2. The number of benzene rings is 1. The largest absolute Gasteiger partial charge is 0.444 e. The minimum absolute atomic E-state index is 0.00411. The third-order valence-corrected chi connectivity index (χ3v) is 4.82. The second-order valence-electron chi connectivity index (χ2n) is 8.50. The molecule has 1 fully saturated rings. The summed E-state index contributed by atoms with van der Waals surface area (Å²) in [6.07, 6.45) is 1.62. The predicted octanol–water partition coefficient (Wildman–Crippen LogP) is 4.84. The number of halogens is 1. The molecule has 1 aromatic rings. The Morgan fingerprint density at radius 2 is 2.04 bits per heavy atom. The number of hydrogen-bond acceptors (Lipinski definition) is 3. The average molecular weight is 395 g/mol. The molecule has 0 bridgehead atoms. The molecule has 27 heavy (non-hydrogen) atoms. The number of ether oxygens (including phenoxy) is 1. The van der Waals surface area contributed by atoms with Crippen molar-refractivity contribution in [2.24, 2.45) is 5.92 Å². The number of hydrogen-bond donors (Lipinski definition) is 0. The molecule has 1 aliphatic rings. The molecule has 1 heterocycles. The molecule has 0 radical (unpaired) electrons. The Bertz CT molecular complexity index is 670. The Labute approximate surface area is 167 Å². The Morgan fingerprint density at radius 3 is 2.63 bits per heavy atom. The van der Waals surface area contributed by atoms with Gasteiger partial charge in [0.1, 0.15) is 5.60 Å². The molecule has 2 amide bonds. The minimum Gasteiger partial charge on any atom is -0.444 e. The third kappa shape index (κ3) is 6.42. The number of piperidine rings is 1. The van der Waals surface area contributed by atoms with E-state index < -0.39 is 5.60 Å². The predicted molar refractivity (Wildman–Crippen MR) is 108 cm³/mol. The van der Waals surface area contributed by atoms with Crippen LogP contribution in [0.4, 0.5) is 4.79 Å². The summed E-state index contributed by atoms with van der Waals surface area (Å²) in [5.41, 5.74) is 0.0850. The maximum absolute atomic E-state index is 12.8. The molecule has 6 heteroatoms. The van der Waals surface area contributed by atoms with Crippen molar-refractivity contribution in [1.29, 1.82) is 0 Å². The maximum Gasteiger partial charge on any atom is 0.410 e. The highest BCUT2D eigenvalue weighted by molar-refractivity contribution is 6.30. The SMILES string of the molecule is CC(C)N(CC1CCCN(C(=O)c2cccc(Cl)c2)C1)C(=O)OC(C)(C)C. The van der Waals surface area contributed by atoms with Gasteiger partial charge in [0.05, 0.1) is 0 Å². The van der Waals surface area contributed by atoms with Crippen LogP contribution < -0.4 is 0 Å². The lowest BCUT2D eigenvalue weighted by Crippen LogP contribution is -2.48. The third-order valence-electron chi connectivity index (χ3n) is 4.58. The molecule has 2 rings (SSSR count). The summed E-state index contributed by atoms with van der Waals surface area (Å²) in [6, 6.07) is 7.09. The van der Waals surface area contributed by atoms with E-state index in [-0.39, 0.29) is 24.0 Å². The van der Waals surface area contributed by atoms with Gasteiger partial charge < -0.3 is 14.5 Å². The molecule has 5 nitrogen and oxygen atoms in total. The van der Waals surface area contributed by atoms with E-state index in [2.05, 4.69) is 0 Å². The molecule has 150 valence electrons.